The topological polar surface area (TPSA) is 24.9 Å². The number of hydrogen-bond donors (Lipinski definition) is 1. The minimum absolute atomic E-state index is 0.929. The average Bonchev–Trinajstić information content (AvgIpc) is 2.36. The van der Waals surface area contributed by atoms with Crippen LogP contribution in [-0.4, -0.2) is 18.6 Å². The van der Waals surface area contributed by atoms with Crippen molar-refractivity contribution in [2.45, 2.75) is 13.8 Å². The number of likely N-dealkylation sites (N-methyl/N-ethyl adjacent to an activating group) is 1. The van der Waals surface area contributed by atoms with E-state index in [1.807, 2.05) is 14.0 Å². The van der Waals surface area contributed by atoms with Crippen LogP contribution in [-0.2, 0) is 0 Å². The van der Waals surface area contributed by atoms with Crippen LogP contribution in [0, 0.1) is 6.92 Å². The molecule has 0 amide bonds. The van der Waals surface area contributed by atoms with Crippen LogP contribution in [0.15, 0.2) is 11.0 Å². The summed E-state index contributed by atoms with van der Waals surface area (Å²) in [6, 6.07) is 0. The molecule has 1 rings (SSSR count). The van der Waals surface area contributed by atoms with Crippen molar-refractivity contribution in [1.29, 1.82) is 0 Å². The molecule has 0 saturated heterocycles. The Morgan fingerprint density at radius 1 is 1.75 bits per heavy atom. The Morgan fingerprint density at radius 3 is 3.00 bits per heavy atom. The summed E-state index contributed by atoms with van der Waals surface area (Å²) in [5.41, 5.74) is 2.41. The zero-order valence-electron chi connectivity index (χ0n) is 7.72. The highest BCUT2D eigenvalue weighted by Gasteiger charge is 1.94. The Labute approximate surface area is 77.3 Å². The summed E-state index contributed by atoms with van der Waals surface area (Å²) in [7, 11) is 1.95. The molecule has 1 aromatic rings. The fourth-order valence-corrected chi connectivity index (χ4v) is 1.79. The average molecular weight is 182 g/mol. The summed E-state index contributed by atoms with van der Waals surface area (Å²) in [5.74, 6) is 0. The van der Waals surface area contributed by atoms with E-state index in [1.54, 1.807) is 11.3 Å². The van der Waals surface area contributed by atoms with Gasteiger partial charge in [-0.15, -0.1) is 11.3 Å². The Balaban J connectivity index is 2.67. The molecule has 0 atom stereocenters. The normalized spacial score (nSPS) is 12.1. The summed E-state index contributed by atoms with van der Waals surface area (Å²) >= 11 is 1.69. The first-order valence-corrected chi connectivity index (χ1v) is 4.84. The van der Waals surface area contributed by atoms with Gasteiger partial charge in [-0.3, -0.25) is 0 Å². The Morgan fingerprint density at radius 2 is 2.50 bits per heavy atom. The zero-order chi connectivity index (χ0) is 8.97. The first-order valence-electron chi connectivity index (χ1n) is 3.96. The minimum atomic E-state index is 0.929. The molecular weight excluding hydrogens is 168 g/mol. The van der Waals surface area contributed by atoms with Crippen molar-refractivity contribution in [2.24, 2.45) is 0 Å². The predicted molar refractivity (Wildman–Crippen MR) is 54.4 cm³/mol. The maximum atomic E-state index is 4.35. The highest BCUT2D eigenvalue weighted by Crippen LogP contribution is 2.12. The molecule has 3 heteroatoms. The Hall–Kier alpha value is -0.670. The van der Waals surface area contributed by atoms with Gasteiger partial charge in [0.15, 0.2) is 0 Å². The molecule has 0 aliphatic heterocycles. The fraction of sp³-hybridized carbons (Fsp3) is 0.444. The van der Waals surface area contributed by atoms with Gasteiger partial charge in [0.05, 0.1) is 0 Å². The van der Waals surface area contributed by atoms with Crippen LogP contribution in [0.1, 0.15) is 17.6 Å². The third kappa shape index (κ3) is 2.75. The van der Waals surface area contributed by atoms with Crippen LogP contribution < -0.4 is 5.32 Å². The smallest absolute Gasteiger partial charge is 0.116 e. The summed E-state index contributed by atoms with van der Waals surface area (Å²) in [4.78, 5) is 4.35. The summed E-state index contributed by atoms with van der Waals surface area (Å²) in [5, 5.41) is 6.27. The van der Waals surface area contributed by atoms with Gasteiger partial charge in [-0.25, -0.2) is 4.98 Å². The van der Waals surface area contributed by atoms with Gasteiger partial charge in [0.2, 0.25) is 0 Å². The van der Waals surface area contributed by atoms with Crippen molar-refractivity contribution >= 4 is 17.4 Å². The third-order valence-electron chi connectivity index (χ3n) is 1.46. The molecule has 1 N–H and O–H groups in total. The van der Waals surface area contributed by atoms with E-state index in [1.165, 1.54) is 5.57 Å². The summed E-state index contributed by atoms with van der Waals surface area (Å²) < 4.78 is 0. The van der Waals surface area contributed by atoms with E-state index in [2.05, 4.69) is 28.7 Å². The van der Waals surface area contributed by atoms with E-state index in [-0.39, 0.29) is 0 Å². The van der Waals surface area contributed by atoms with Crippen LogP contribution in [0.4, 0.5) is 0 Å². The molecule has 2 nitrogen and oxygen atoms in total. The molecule has 0 bridgehead atoms. The lowest BCUT2D eigenvalue weighted by Gasteiger charge is -1.96. The molecule has 0 fully saturated rings. The van der Waals surface area contributed by atoms with Crippen molar-refractivity contribution in [1.82, 2.24) is 10.3 Å². The van der Waals surface area contributed by atoms with Gasteiger partial charge in [0.25, 0.3) is 0 Å². The molecular formula is C9H14N2S. The van der Waals surface area contributed by atoms with Gasteiger partial charge < -0.3 is 5.32 Å². The Kier molecular flexibility index (Phi) is 3.44. The fourth-order valence-electron chi connectivity index (χ4n) is 0.979. The van der Waals surface area contributed by atoms with E-state index in [9.17, 15) is 0 Å². The second-order valence-electron chi connectivity index (χ2n) is 2.85. The molecule has 0 aliphatic carbocycles. The SMILES string of the molecule is CNCC(C)=Cc1nc(C)cs1. The number of aromatic nitrogens is 1. The van der Waals surface area contributed by atoms with Gasteiger partial charge in [0, 0.05) is 17.6 Å². The zero-order valence-corrected chi connectivity index (χ0v) is 8.53. The maximum Gasteiger partial charge on any atom is 0.116 e. The van der Waals surface area contributed by atoms with Crippen molar-refractivity contribution in [3.63, 3.8) is 0 Å². The van der Waals surface area contributed by atoms with Crippen LogP contribution in [0.3, 0.4) is 0 Å². The van der Waals surface area contributed by atoms with E-state index in [4.69, 9.17) is 0 Å². The van der Waals surface area contributed by atoms with Crippen molar-refractivity contribution in [3.05, 3.63) is 21.7 Å². The van der Waals surface area contributed by atoms with Crippen LogP contribution in [0.25, 0.3) is 6.08 Å². The lowest BCUT2D eigenvalue weighted by molar-refractivity contribution is 0.884. The molecule has 0 spiro atoms. The molecule has 0 aromatic carbocycles. The number of hydrogen-bond acceptors (Lipinski definition) is 3. The maximum absolute atomic E-state index is 4.35. The first-order chi connectivity index (χ1) is 5.72. The highest BCUT2D eigenvalue weighted by molar-refractivity contribution is 7.10. The second-order valence-corrected chi connectivity index (χ2v) is 3.74. The van der Waals surface area contributed by atoms with Crippen LogP contribution >= 0.6 is 11.3 Å². The van der Waals surface area contributed by atoms with Gasteiger partial charge >= 0.3 is 0 Å². The molecule has 1 aromatic heterocycles. The van der Waals surface area contributed by atoms with Crippen molar-refractivity contribution in [3.8, 4) is 0 Å². The lowest BCUT2D eigenvalue weighted by atomic mass is 10.3. The van der Waals surface area contributed by atoms with Crippen LogP contribution in [0.5, 0.6) is 0 Å². The molecule has 66 valence electrons. The third-order valence-corrected chi connectivity index (χ3v) is 2.37. The largest absolute Gasteiger partial charge is 0.316 e. The number of nitrogens with one attached hydrogen (secondary N) is 1. The quantitative estimate of drug-likeness (QED) is 0.774. The monoisotopic (exact) mass is 182 g/mol. The van der Waals surface area contributed by atoms with Crippen molar-refractivity contribution < 1.29 is 0 Å². The van der Waals surface area contributed by atoms with Gasteiger partial charge in [0.1, 0.15) is 5.01 Å². The standard InChI is InChI=1S/C9H14N2S/c1-7(5-10-3)4-9-11-8(2)6-12-9/h4,6,10H,5H2,1-3H3. The molecule has 0 unspecified atom stereocenters. The van der Waals surface area contributed by atoms with Crippen molar-refractivity contribution in [2.75, 3.05) is 13.6 Å². The molecule has 0 aliphatic rings. The number of thiazole rings is 1. The second kappa shape index (κ2) is 4.38. The van der Waals surface area contributed by atoms with Gasteiger partial charge in [-0.2, -0.15) is 0 Å². The van der Waals surface area contributed by atoms with E-state index in [0.717, 1.165) is 17.2 Å². The molecule has 1 heterocycles. The summed E-state index contributed by atoms with van der Waals surface area (Å²) in [6.07, 6.45) is 2.12. The van der Waals surface area contributed by atoms with E-state index >= 15 is 0 Å². The number of rotatable bonds is 3. The molecule has 12 heavy (non-hydrogen) atoms. The number of nitrogens with zero attached hydrogens (tertiary/aromatic N) is 1. The first kappa shape index (κ1) is 9.42. The van der Waals surface area contributed by atoms with Gasteiger partial charge in [-0.05, 0) is 27.0 Å². The lowest BCUT2D eigenvalue weighted by Crippen LogP contribution is -2.08. The number of aryl methyl sites for hydroxylation is 1. The highest BCUT2D eigenvalue weighted by atomic mass is 32.1. The minimum Gasteiger partial charge on any atom is -0.316 e. The van der Waals surface area contributed by atoms with Gasteiger partial charge in [-0.1, -0.05) is 5.57 Å². The predicted octanol–water partition coefficient (Wildman–Crippen LogP) is 2.07. The van der Waals surface area contributed by atoms with E-state index < -0.39 is 0 Å². The summed E-state index contributed by atoms with van der Waals surface area (Å²) in [6.45, 7) is 5.05. The van der Waals surface area contributed by atoms with E-state index in [0.29, 0.717) is 0 Å². The Bertz CT molecular complexity index is 276. The molecule has 0 saturated carbocycles. The molecule has 0 radical (unpaired) electrons. The van der Waals surface area contributed by atoms with Crippen LogP contribution in [0.2, 0.25) is 0 Å².